The second kappa shape index (κ2) is 9.44. The molecule has 0 fully saturated rings. The molecule has 2 rings (SSSR count). The van der Waals surface area contributed by atoms with Gasteiger partial charge >= 0.3 is 0 Å². The Morgan fingerprint density at radius 2 is 2.12 bits per heavy atom. The van der Waals surface area contributed by atoms with Crippen LogP contribution in [0.25, 0.3) is 11.4 Å². The summed E-state index contributed by atoms with van der Waals surface area (Å²) in [6.45, 7) is 3.65. The van der Waals surface area contributed by atoms with Gasteiger partial charge in [-0.3, -0.25) is 14.7 Å². The molecule has 0 aliphatic rings. The molecule has 26 heavy (non-hydrogen) atoms. The Balaban J connectivity index is 1.90. The summed E-state index contributed by atoms with van der Waals surface area (Å²) in [5.41, 5.74) is 0.675. The summed E-state index contributed by atoms with van der Waals surface area (Å²) in [7, 11) is 1.55. The van der Waals surface area contributed by atoms with Crippen LogP contribution in [-0.2, 0) is 9.59 Å². The van der Waals surface area contributed by atoms with Crippen LogP contribution < -0.4 is 15.4 Å². The molecule has 2 aromatic rings. The largest absolute Gasteiger partial charge is 0.496 e. The molecule has 0 radical (unpaired) electrons. The molecule has 1 heterocycles. The number of ether oxygens (including phenoxy) is 1. The van der Waals surface area contributed by atoms with Crippen molar-refractivity contribution in [3.8, 4) is 17.1 Å². The lowest BCUT2D eigenvalue weighted by molar-refractivity contribution is -0.125. The van der Waals surface area contributed by atoms with E-state index in [-0.39, 0.29) is 30.2 Å². The van der Waals surface area contributed by atoms with E-state index in [0.29, 0.717) is 27.3 Å². The number of aromatic nitrogens is 3. The Morgan fingerprint density at radius 3 is 2.81 bits per heavy atom. The number of hydrogen-bond acceptors (Lipinski definition) is 6. The predicted molar refractivity (Wildman–Crippen MR) is 100 cm³/mol. The summed E-state index contributed by atoms with van der Waals surface area (Å²) >= 11 is 7.17. The third kappa shape index (κ3) is 5.92. The van der Waals surface area contributed by atoms with Crippen LogP contribution in [0.1, 0.15) is 13.8 Å². The van der Waals surface area contributed by atoms with Gasteiger partial charge < -0.3 is 15.4 Å². The number of aromatic amines is 1. The number of methoxy groups -OCH3 is 1. The van der Waals surface area contributed by atoms with Gasteiger partial charge in [0.25, 0.3) is 0 Å². The minimum Gasteiger partial charge on any atom is -0.496 e. The fourth-order valence-corrected chi connectivity index (χ4v) is 2.83. The van der Waals surface area contributed by atoms with E-state index in [1.807, 2.05) is 13.8 Å². The van der Waals surface area contributed by atoms with Crippen molar-refractivity contribution in [1.82, 2.24) is 25.8 Å². The first kappa shape index (κ1) is 20.1. The van der Waals surface area contributed by atoms with Gasteiger partial charge in [-0.05, 0) is 32.0 Å². The second-order valence-corrected chi connectivity index (χ2v) is 6.98. The number of halogens is 1. The molecule has 1 aromatic carbocycles. The number of benzene rings is 1. The molecular weight excluding hydrogens is 378 g/mol. The number of rotatable bonds is 8. The van der Waals surface area contributed by atoms with Crippen molar-refractivity contribution in [2.45, 2.75) is 25.0 Å². The topological polar surface area (TPSA) is 109 Å². The van der Waals surface area contributed by atoms with Gasteiger partial charge in [-0.25, -0.2) is 4.98 Å². The third-order valence-electron chi connectivity index (χ3n) is 3.11. The highest BCUT2D eigenvalue weighted by Crippen LogP contribution is 2.31. The molecule has 0 unspecified atom stereocenters. The number of nitrogens with zero attached hydrogens (tertiary/aromatic N) is 2. The van der Waals surface area contributed by atoms with E-state index >= 15 is 0 Å². The van der Waals surface area contributed by atoms with Crippen LogP contribution in [0.4, 0.5) is 0 Å². The predicted octanol–water partition coefficient (Wildman–Crippen LogP) is 1.87. The Hall–Kier alpha value is -2.26. The number of amides is 2. The standard InChI is InChI=1S/C16H20ClN5O3S/c1-9(2)19-13(23)7-18-14(24)8-26-16-20-15(21-22-16)11-6-10(17)4-5-12(11)25-3/h4-6,9H,7-8H2,1-3H3,(H,18,24)(H,19,23)(H,20,21,22). The molecular formula is C16H20ClN5O3S. The number of H-pyrrole nitrogens is 1. The van der Waals surface area contributed by atoms with Crippen molar-refractivity contribution in [2.75, 3.05) is 19.4 Å². The number of hydrogen-bond donors (Lipinski definition) is 3. The van der Waals surface area contributed by atoms with Gasteiger partial charge in [0.2, 0.25) is 17.0 Å². The fourth-order valence-electron chi connectivity index (χ4n) is 2.03. The zero-order valence-electron chi connectivity index (χ0n) is 14.6. The van der Waals surface area contributed by atoms with Crippen LogP contribution in [0, 0.1) is 0 Å². The van der Waals surface area contributed by atoms with E-state index in [4.69, 9.17) is 16.3 Å². The highest BCUT2D eigenvalue weighted by Gasteiger charge is 2.13. The number of nitrogens with one attached hydrogen (secondary N) is 3. The number of thioether (sulfide) groups is 1. The summed E-state index contributed by atoms with van der Waals surface area (Å²) in [6, 6.07) is 5.21. The molecule has 0 saturated heterocycles. The van der Waals surface area contributed by atoms with Gasteiger partial charge in [0, 0.05) is 11.1 Å². The van der Waals surface area contributed by atoms with Crippen LogP contribution in [-0.4, -0.2) is 52.4 Å². The highest BCUT2D eigenvalue weighted by molar-refractivity contribution is 7.99. The van der Waals surface area contributed by atoms with Crippen LogP contribution in [0.15, 0.2) is 23.4 Å². The van der Waals surface area contributed by atoms with Gasteiger partial charge in [0.1, 0.15) is 5.75 Å². The van der Waals surface area contributed by atoms with Crippen molar-refractivity contribution in [3.05, 3.63) is 23.2 Å². The molecule has 0 atom stereocenters. The normalized spacial score (nSPS) is 10.7. The van der Waals surface area contributed by atoms with E-state index < -0.39 is 0 Å². The molecule has 0 spiro atoms. The van der Waals surface area contributed by atoms with Crippen LogP contribution in [0.2, 0.25) is 5.02 Å². The lowest BCUT2D eigenvalue weighted by Crippen LogP contribution is -2.40. The maximum Gasteiger partial charge on any atom is 0.239 e. The Bertz CT molecular complexity index is 781. The van der Waals surface area contributed by atoms with E-state index in [9.17, 15) is 9.59 Å². The summed E-state index contributed by atoms with van der Waals surface area (Å²) in [4.78, 5) is 27.6. The zero-order valence-corrected chi connectivity index (χ0v) is 16.2. The van der Waals surface area contributed by atoms with Gasteiger partial charge in [-0.2, -0.15) is 0 Å². The first-order valence-corrected chi connectivity index (χ1v) is 9.20. The summed E-state index contributed by atoms with van der Waals surface area (Å²) in [5, 5.41) is 13.1. The van der Waals surface area contributed by atoms with E-state index in [1.165, 1.54) is 0 Å². The van der Waals surface area contributed by atoms with Gasteiger partial charge in [-0.1, -0.05) is 23.4 Å². The van der Waals surface area contributed by atoms with Crippen molar-refractivity contribution in [2.24, 2.45) is 0 Å². The number of carbonyl (C=O) groups excluding carboxylic acids is 2. The SMILES string of the molecule is COc1ccc(Cl)cc1-c1nc(SCC(=O)NCC(=O)NC(C)C)n[nH]1. The second-order valence-electron chi connectivity index (χ2n) is 5.60. The van der Waals surface area contributed by atoms with Crippen molar-refractivity contribution >= 4 is 35.2 Å². The van der Waals surface area contributed by atoms with Crippen molar-refractivity contribution < 1.29 is 14.3 Å². The Labute approximate surface area is 160 Å². The third-order valence-corrected chi connectivity index (χ3v) is 4.19. The van der Waals surface area contributed by atoms with Crippen molar-refractivity contribution in [3.63, 3.8) is 0 Å². The molecule has 2 amide bonds. The first-order chi connectivity index (χ1) is 12.4. The molecule has 10 heteroatoms. The highest BCUT2D eigenvalue weighted by atomic mass is 35.5. The molecule has 8 nitrogen and oxygen atoms in total. The van der Waals surface area contributed by atoms with E-state index in [0.717, 1.165) is 11.8 Å². The monoisotopic (exact) mass is 397 g/mol. The number of carbonyl (C=O) groups is 2. The van der Waals surface area contributed by atoms with Crippen LogP contribution in [0.3, 0.4) is 0 Å². The maximum absolute atomic E-state index is 11.8. The minimum absolute atomic E-state index is 0.0314. The lowest BCUT2D eigenvalue weighted by Gasteiger charge is -2.08. The van der Waals surface area contributed by atoms with Gasteiger partial charge in [-0.15, -0.1) is 5.10 Å². The zero-order chi connectivity index (χ0) is 19.1. The average Bonchev–Trinajstić information content (AvgIpc) is 3.06. The van der Waals surface area contributed by atoms with Crippen molar-refractivity contribution in [1.29, 1.82) is 0 Å². The minimum atomic E-state index is -0.277. The van der Waals surface area contributed by atoms with Gasteiger partial charge in [0.15, 0.2) is 5.82 Å². The summed E-state index contributed by atoms with van der Waals surface area (Å²) < 4.78 is 5.29. The lowest BCUT2D eigenvalue weighted by atomic mass is 10.2. The molecule has 3 N–H and O–H groups in total. The van der Waals surface area contributed by atoms with E-state index in [1.54, 1.807) is 25.3 Å². The quantitative estimate of drug-likeness (QED) is 0.587. The van der Waals surface area contributed by atoms with Crippen LogP contribution >= 0.6 is 23.4 Å². The first-order valence-electron chi connectivity index (χ1n) is 7.84. The Morgan fingerprint density at radius 1 is 1.35 bits per heavy atom. The molecule has 140 valence electrons. The smallest absolute Gasteiger partial charge is 0.239 e. The summed E-state index contributed by atoms with van der Waals surface area (Å²) in [5.74, 6) is 0.686. The Kier molecular flexibility index (Phi) is 7.28. The molecule has 0 aliphatic carbocycles. The molecule has 0 bridgehead atoms. The summed E-state index contributed by atoms with van der Waals surface area (Å²) in [6.07, 6.45) is 0. The van der Waals surface area contributed by atoms with Crippen LogP contribution in [0.5, 0.6) is 5.75 Å². The van der Waals surface area contributed by atoms with Gasteiger partial charge in [0.05, 0.1) is 25.0 Å². The maximum atomic E-state index is 11.8. The van der Waals surface area contributed by atoms with E-state index in [2.05, 4.69) is 25.8 Å². The molecule has 0 aliphatic heterocycles. The fraction of sp³-hybridized carbons (Fsp3) is 0.375. The molecule has 1 aromatic heterocycles. The average molecular weight is 398 g/mol. The molecule has 0 saturated carbocycles.